The summed E-state index contributed by atoms with van der Waals surface area (Å²) >= 11 is 0. The Morgan fingerprint density at radius 3 is 2.71 bits per heavy atom. The Kier molecular flexibility index (Phi) is 3.80. The van der Waals surface area contributed by atoms with Gasteiger partial charge in [0.2, 0.25) is 5.88 Å². The molecule has 158 valence electrons. The molecule has 0 radical (unpaired) electrons. The van der Waals surface area contributed by atoms with E-state index in [0.717, 1.165) is 35.6 Å². The minimum Gasteiger partial charge on any atom is -0.481 e. The van der Waals surface area contributed by atoms with Crippen LogP contribution in [-0.2, 0) is 18.3 Å². The second-order valence-corrected chi connectivity index (χ2v) is 8.77. The first-order valence-electron chi connectivity index (χ1n) is 10.4. The lowest BCUT2D eigenvalue weighted by molar-refractivity contribution is 0.0688. The largest absolute Gasteiger partial charge is 0.481 e. The Hall–Kier alpha value is -3.26. The highest BCUT2D eigenvalue weighted by Crippen LogP contribution is 2.45. The fraction of sp³-hybridized carbons (Fsp3) is 0.348. The van der Waals surface area contributed by atoms with Crippen LogP contribution in [0.3, 0.4) is 0 Å². The number of likely N-dealkylation sites (N-methyl/N-ethyl adjacent to an activating group) is 1. The SMILES string of the molecule is COc1ccc(-c2ncc3c(c2F)-c2[nH]c4c(c2CC3)C(=O)NCC42CN(C)C2)cn1. The number of aromatic nitrogens is 3. The molecule has 2 aliphatic heterocycles. The van der Waals surface area contributed by atoms with E-state index in [-0.39, 0.29) is 22.8 Å². The molecule has 6 rings (SSSR count). The van der Waals surface area contributed by atoms with Gasteiger partial charge in [-0.2, -0.15) is 0 Å². The van der Waals surface area contributed by atoms with Gasteiger partial charge in [-0.15, -0.1) is 0 Å². The lowest BCUT2D eigenvalue weighted by Gasteiger charge is -2.50. The van der Waals surface area contributed by atoms with Gasteiger partial charge in [-0.1, -0.05) is 0 Å². The summed E-state index contributed by atoms with van der Waals surface area (Å²) in [5.41, 5.74) is 5.39. The first-order valence-corrected chi connectivity index (χ1v) is 10.4. The number of amides is 1. The maximum atomic E-state index is 15.9. The molecule has 7 nitrogen and oxygen atoms in total. The molecule has 1 spiro atoms. The Morgan fingerprint density at radius 1 is 1.16 bits per heavy atom. The van der Waals surface area contributed by atoms with Crippen molar-refractivity contribution >= 4 is 5.91 Å². The lowest BCUT2D eigenvalue weighted by atomic mass is 9.73. The van der Waals surface area contributed by atoms with Crippen molar-refractivity contribution in [3.05, 3.63) is 52.7 Å². The maximum absolute atomic E-state index is 15.9. The number of carbonyl (C=O) groups is 1. The Bertz CT molecular complexity index is 1230. The number of methoxy groups -OCH3 is 1. The van der Waals surface area contributed by atoms with Gasteiger partial charge in [0.1, 0.15) is 5.69 Å². The van der Waals surface area contributed by atoms with E-state index < -0.39 is 0 Å². The molecule has 1 fully saturated rings. The lowest BCUT2D eigenvalue weighted by Crippen LogP contribution is -2.65. The molecule has 3 aromatic heterocycles. The van der Waals surface area contributed by atoms with Crippen LogP contribution in [0.1, 0.15) is 27.2 Å². The molecule has 0 bridgehead atoms. The zero-order chi connectivity index (χ0) is 21.3. The summed E-state index contributed by atoms with van der Waals surface area (Å²) in [6.07, 6.45) is 4.65. The van der Waals surface area contributed by atoms with Gasteiger partial charge in [0.15, 0.2) is 5.82 Å². The van der Waals surface area contributed by atoms with Gasteiger partial charge in [0, 0.05) is 54.9 Å². The number of carbonyl (C=O) groups excluding carboxylic acids is 1. The quantitative estimate of drug-likeness (QED) is 0.666. The van der Waals surface area contributed by atoms with Crippen molar-refractivity contribution < 1.29 is 13.9 Å². The number of aromatic amines is 1. The molecule has 5 heterocycles. The molecular formula is C23H22FN5O2. The normalized spacial score (nSPS) is 18.6. The molecule has 1 saturated heterocycles. The maximum Gasteiger partial charge on any atom is 0.253 e. The van der Waals surface area contributed by atoms with Crippen molar-refractivity contribution in [2.24, 2.45) is 0 Å². The summed E-state index contributed by atoms with van der Waals surface area (Å²) in [5.74, 6) is 0.0117. The number of nitrogens with one attached hydrogen (secondary N) is 2. The highest BCUT2D eigenvalue weighted by molar-refractivity contribution is 6.01. The zero-order valence-corrected chi connectivity index (χ0v) is 17.4. The Balaban J connectivity index is 1.52. The second kappa shape index (κ2) is 6.37. The van der Waals surface area contributed by atoms with Gasteiger partial charge in [-0.05, 0) is 37.1 Å². The minimum atomic E-state index is -0.385. The van der Waals surface area contributed by atoms with Gasteiger partial charge in [-0.3, -0.25) is 9.78 Å². The molecule has 2 N–H and O–H groups in total. The van der Waals surface area contributed by atoms with Gasteiger partial charge in [-0.25, -0.2) is 9.37 Å². The molecule has 0 saturated carbocycles. The third-order valence-electron chi connectivity index (χ3n) is 6.80. The molecule has 0 atom stereocenters. The van der Waals surface area contributed by atoms with Crippen LogP contribution in [0, 0.1) is 5.82 Å². The summed E-state index contributed by atoms with van der Waals surface area (Å²) in [6, 6.07) is 3.44. The number of nitrogens with zero attached hydrogens (tertiary/aromatic N) is 3. The van der Waals surface area contributed by atoms with E-state index in [1.54, 1.807) is 24.5 Å². The summed E-state index contributed by atoms with van der Waals surface area (Å²) in [5, 5.41) is 3.06. The predicted molar refractivity (Wildman–Crippen MR) is 113 cm³/mol. The first-order chi connectivity index (χ1) is 15.0. The summed E-state index contributed by atoms with van der Waals surface area (Å²) in [7, 11) is 3.61. The third kappa shape index (κ3) is 2.51. The first kappa shape index (κ1) is 18.5. The number of likely N-dealkylation sites (tertiary alicyclic amines) is 1. The van der Waals surface area contributed by atoms with E-state index in [1.165, 1.54) is 7.11 Å². The zero-order valence-electron chi connectivity index (χ0n) is 17.4. The van der Waals surface area contributed by atoms with Crippen LogP contribution in [0.4, 0.5) is 4.39 Å². The van der Waals surface area contributed by atoms with Crippen molar-refractivity contribution in [1.29, 1.82) is 0 Å². The third-order valence-corrected chi connectivity index (χ3v) is 6.80. The van der Waals surface area contributed by atoms with E-state index in [2.05, 4.69) is 32.2 Å². The molecule has 0 aromatic carbocycles. The molecule has 0 unspecified atom stereocenters. The van der Waals surface area contributed by atoms with Crippen molar-refractivity contribution in [1.82, 2.24) is 25.2 Å². The van der Waals surface area contributed by atoms with E-state index in [0.29, 0.717) is 42.0 Å². The second-order valence-electron chi connectivity index (χ2n) is 8.77. The van der Waals surface area contributed by atoms with Crippen LogP contribution in [0.2, 0.25) is 0 Å². The molecule has 3 aliphatic rings. The van der Waals surface area contributed by atoms with Crippen molar-refractivity contribution in [2.75, 3.05) is 33.8 Å². The van der Waals surface area contributed by atoms with E-state index in [9.17, 15) is 4.79 Å². The fourth-order valence-corrected chi connectivity index (χ4v) is 5.42. The minimum absolute atomic E-state index is 0.0647. The average Bonchev–Trinajstić information content (AvgIpc) is 3.16. The number of halogens is 1. The highest BCUT2D eigenvalue weighted by atomic mass is 19.1. The number of hydrogen-bond acceptors (Lipinski definition) is 5. The molecular weight excluding hydrogens is 397 g/mol. The van der Waals surface area contributed by atoms with Crippen molar-refractivity contribution in [3.63, 3.8) is 0 Å². The number of fused-ring (bicyclic) bond motifs is 6. The Morgan fingerprint density at radius 2 is 2.00 bits per heavy atom. The molecule has 1 aliphatic carbocycles. The molecule has 31 heavy (non-hydrogen) atoms. The number of ether oxygens (including phenoxy) is 1. The average molecular weight is 419 g/mol. The van der Waals surface area contributed by atoms with Gasteiger partial charge >= 0.3 is 0 Å². The standard InChI is InChI=1S/C23H22FN5O2/c1-29-10-23(11-29)9-27-22(30)17-14-5-3-12-7-26-19(13-4-6-15(31-2)25-8-13)18(24)16(12)20(14)28-21(17)23/h4,6-8,28H,3,5,9-11H2,1-2H3,(H,27,30). The van der Waals surface area contributed by atoms with E-state index >= 15 is 4.39 Å². The molecule has 3 aromatic rings. The number of H-pyrrole nitrogens is 1. The summed E-state index contributed by atoms with van der Waals surface area (Å²) < 4.78 is 21.0. The number of rotatable bonds is 2. The van der Waals surface area contributed by atoms with E-state index in [1.807, 2.05) is 0 Å². The topological polar surface area (TPSA) is 83.1 Å². The van der Waals surface area contributed by atoms with Gasteiger partial charge in [0.05, 0.1) is 23.8 Å². The van der Waals surface area contributed by atoms with Crippen LogP contribution >= 0.6 is 0 Å². The van der Waals surface area contributed by atoms with Crippen LogP contribution < -0.4 is 10.1 Å². The monoisotopic (exact) mass is 419 g/mol. The van der Waals surface area contributed by atoms with Crippen molar-refractivity contribution in [2.45, 2.75) is 18.3 Å². The number of aryl methyl sites for hydroxylation is 1. The highest BCUT2D eigenvalue weighted by Gasteiger charge is 2.50. The fourth-order valence-electron chi connectivity index (χ4n) is 5.42. The molecule has 1 amide bonds. The van der Waals surface area contributed by atoms with Crippen molar-refractivity contribution in [3.8, 4) is 28.4 Å². The van der Waals surface area contributed by atoms with E-state index in [4.69, 9.17) is 4.74 Å². The Labute approximate surface area is 178 Å². The van der Waals surface area contributed by atoms with Crippen LogP contribution in [-0.4, -0.2) is 59.6 Å². The van der Waals surface area contributed by atoms with Crippen LogP contribution in [0.15, 0.2) is 24.5 Å². The number of hydrogen-bond donors (Lipinski definition) is 2. The summed E-state index contributed by atoms with van der Waals surface area (Å²) in [4.78, 5) is 27.1. The summed E-state index contributed by atoms with van der Waals surface area (Å²) in [6.45, 7) is 2.35. The van der Waals surface area contributed by atoms with Crippen LogP contribution in [0.25, 0.3) is 22.5 Å². The predicted octanol–water partition coefficient (Wildman–Crippen LogP) is 2.31. The smallest absolute Gasteiger partial charge is 0.253 e. The number of pyridine rings is 2. The van der Waals surface area contributed by atoms with Gasteiger partial charge in [0.25, 0.3) is 5.91 Å². The van der Waals surface area contributed by atoms with Gasteiger partial charge < -0.3 is 19.9 Å². The van der Waals surface area contributed by atoms with Crippen LogP contribution in [0.5, 0.6) is 5.88 Å². The molecule has 8 heteroatoms.